The molecule has 32 heavy (non-hydrogen) atoms. The van der Waals surface area contributed by atoms with E-state index in [1.165, 1.54) is 18.1 Å². The van der Waals surface area contributed by atoms with Gasteiger partial charge in [-0.2, -0.15) is 0 Å². The standard InChI is InChI=1S/C23H24ClN3O5/c1-31-18-6-5-15(24)14-16(18)21(28)19-20(17-4-2-3-7-25-17)27(23(30)22(19)29)9-8-26-10-12-32-13-11-26/h2-7,14,20,28H,8-13H2,1H3. The molecule has 2 fully saturated rings. The van der Waals surface area contributed by atoms with Crippen LogP contribution in [0.5, 0.6) is 5.75 Å². The maximum Gasteiger partial charge on any atom is 0.295 e. The van der Waals surface area contributed by atoms with Crippen LogP contribution >= 0.6 is 11.6 Å². The minimum atomic E-state index is -0.819. The quantitative estimate of drug-likeness (QED) is 0.404. The number of aliphatic hydroxyl groups excluding tert-OH is 1. The van der Waals surface area contributed by atoms with Crippen LogP contribution < -0.4 is 4.74 Å². The fraction of sp³-hybridized carbons (Fsp3) is 0.348. The number of nitrogens with zero attached hydrogens (tertiary/aromatic N) is 3. The Morgan fingerprint density at radius 2 is 2.00 bits per heavy atom. The first kappa shape index (κ1) is 22.3. The van der Waals surface area contributed by atoms with Crippen LogP contribution in [0.3, 0.4) is 0 Å². The molecule has 0 aliphatic carbocycles. The number of amides is 1. The monoisotopic (exact) mass is 457 g/mol. The average molecular weight is 458 g/mol. The number of ether oxygens (including phenoxy) is 2. The number of morpholine rings is 1. The predicted octanol–water partition coefficient (Wildman–Crippen LogP) is 2.50. The molecular weight excluding hydrogens is 434 g/mol. The Morgan fingerprint density at radius 3 is 2.69 bits per heavy atom. The van der Waals surface area contributed by atoms with Gasteiger partial charge in [0.05, 0.1) is 37.2 Å². The van der Waals surface area contributed by atoms with Gasteiger partial charge in [-0.1, -0.05) is 17.7 Å². The lowest BCUT2D eigenvalue weighted by Crippen LogP contribution is -2.42. The van der Waals surface area contributed by atoms with Gasteiger partial charge in [0.2, 0.25) is 0 Å². The number of carbonyl (C=O) groups excluding carboxylic acids is 2. The maximum atomic E-state index is 13.1. The zero-order valence-corrected chi connectivity index (χ0v) is 18.4. The third-order valence-electron chi connectivity index (χ3n) is 5.69. The van der Waals surface area contributed by atoms with Crippen molar-refractivity contribution in [1.82, 2.24) is 14.8 Å². The van der Waals surface area contributed by atoms with Crippen LogP contribution in [-0.2, 0) is 14.3 Å². The number of likely N-dealkylation sites (tertiary alicyclic amines) is 1. The Hall–Kier alpha value is -2.94. The van der Waals surface area contributed by atoms with Gasteiger partial charge in [-0.25, -0.2) is 0 Å². The Balaban J connectivity index is 1.76. The van der Waals surface area contributed by atoms with Gasteiger partial charge in [0.25, 0.3) is 11.7 Å². The number of halogens is 1. The Labute approximate surface area is 191 Å². The van der Waals surface area contributed by atoms with Crippen LogP contribution in [-0.4, -0.2) is 78.1 Å². The molecule has 1 unspecified atom stereocenters. The molecule has 1 amide bonds. The highest BCUT2D eigenvalue weighted by Gasteiger charge is 2.47. The van der Waals surface area contributed by atoms with Gasteiger partial charge in [-0.15, -0.1) is 0 Å². The van der Waals surface area contributed by atoms with Crippen molar-refractivity contribution in [2.75, 3.05) is 46.5 Å². The minimum Gasteiger partial charge on any atom is -0.507 e. The van der Waals surface area contributed by atoms with E-state index >= 15 is 0 Å². The summed E-state index contributed by atoms with van der Waals surface area (Å²) in [6, 6.07) is 9.18. The number of ketones is 1. The molecule has 9 heteroatoms. The fourth-order valence-electron chi connectivity index (χ4n) is 4.04. The molecule has 2 aliphatic heterocycles. The van der Waals surface area contributed by atoms with Gasteiger partial charge in [-0.05, 0) is 30.3 Å². The molecule has 1 aromatic heterocycles. The second kappa shape index (κ2) is 9.68. The molecule has 1 atom stereocenters. The zero-order valence-electron chi connectivity index (χ0n) is 17.7. The van der Waals surface area contributed by atoms with Crippen LogP contribution in [0, 0.1) is 0 Å². The van der Waals surface area contributed by atoms with Gasteiger partial charge in [-0.3, -0.25) is 19.5 Å². The van der Waals surface area contributed by atoms with Crippen molar-refractivity contribution >= 4 is 29.1 Å². The van der Waals surface area contributed by atoms with Crippen LogP contribution in [0.1, 0.15) is 17.3 Å². The molecule has 3 heterocycles. The number of aliphatic hydroxyl groups is 1. The summed E-state index contributed by atoms with van der Waals surface area (Å²) in [4.78, 5) is 34.2. The number of benzene rings is 1. The lowest BCUT2D eigenvalue weighted by molar-refractivity contribution is -0.140. The highest BCUT2D eigenvalue weighted by molar-refractivity contribution is 6.46. The van der Waals surface area contributed by atoms with Crippen LogP contribution in [0.2, 0.25) is 5.02 Å². The molecule has 168 valence electrons. The lowest BCUT2D eigenvalue weighted by Gasteiger charge is -2.30. The normalized spacial score (nSPS) is 21.2. The molecule has 0 spiro atoms. The van der Waals surface area contributed by atoms with E-state index in [9.17, 15) is 14.7 Å². The summed E-state index contributed by atoms with van der Waals surface area (Å²) in [7, 11) is 1.46. The van der Waals surface area contributed by atoms with Crippen molar-refractivity contribution in [2.45, 2.75) is 6.04 Å². The second-order valence-corrected chi connectivity index (χ2v) is 7.98. The first-order valence-corrected chi connectivity index (χ1v) is 10.7. The summed E-state index contributed by atoms with van der Waals surface area (Å²) >= 11 is 6.13. The van der Waals surface area contributed by atoms with Crippen LogP contribution in [0.15, 0.2) is 48.2 Å². The van der Waals surface area contributed by atoms with Gasteiger partial charge < -0.3 is 19.5 Å². The van der Waals surface area contributed by atoms with Crippen molar-refractivity contribution in [3.05, 3.63) is 64.4 Å². The summed E-state index contributed by atoms with van der Waals surface area (Å²) in [6.45, 7) is 3.69. The van der Waals surface area contributed by atoms with E-state index in [0.29, 0.717) is 42.8 Å². The SMILES string of the molecule is COc1ccc(Cl)cc1C(O)=C1C(=O)C(=O)N(CCN2CCOCC2)C1c1ccccn1. The number of hydrogen-bond donors (Lipinski definition) is 1. The highest BCUT2D eigenvalue weighted by Crippen LogP contribution is 2.40. The van der Waals surface area contributed by atoms with E-state index in [-0.39, 0.29) is 16.9 Å². The second-order valence-electron chi connectivity index (χ2n) is 7.55. The molecule has 1 aromatic carbocycles. The van der Waals surface area contributed by atoms with Crippen LogP contribution in [0.4, 0.5) is 0 Å². The fourth-order valence-corrected chi connectivity index (χ4v) is 4.21. The summed E-state index contributed by atoms with van der Waals surface area (Å²) in [5.41, 5.74) is 0.708. The number of methoxy groups -OCH3 is 1. The highest BCUT2D eigenvalue weighted by atomic mass is 35.5. The average Bonchev–Trinajstić information content (AvgIpc) is 3.08. The van der Waals surface area contributed by atoms with Gasteiger partial charge in [0, 0.05) is 37.4 Å². The summed E-state index contributed by atoms with van der Waals surface area (Å²) < 4.78 is 10.7. The van der Waals surface area contributed by atoms with Crippen molar-refractivity contribution in [2.24, 2.45) is 0 Å². The van der Waals surface area contributed by atoms with Gasteiger partial charge in [0.15, 0.2) is 0 Å². The summed E-state index contributed by atoms with van der Waals surface area (Å²) in [5, 5.41) is 11.6. The third kappa shape index (κ3) is 4.34. The predicted molar refractivity (Wildman–Crippen MR) is 119 cm³/mol. The van der Waals surface area contributed by atoms with E-state index in [2.05, 4.69) is 9.88 Å². The number of aromatic nitrogens is 1. The molecule has 0 bridgehead atoms. The molecule has 8 nitrogen and oxygen atoms in total. The summed E-state index contributed by atoms with van der Waals surface area (Å²) in [6.07, 6.45) is 1.59. The molecule has 4 rings (SSSR count). The largest absolute Gasteiger partial charge is 0.507 e. The van der Waals surface area contributed by atoms with Crippen molar-refractivity contribution < 1.29 is 24.2 Å². The van der Waals surface area contributed by atoms with E-state index in [0.717, 1.165) is 13.1 Å². The van der Waals surface area contributed by atoms with E-state index in [1.54, 1.807) is 36.5 Å². The first-order chi connectivity index (χ1) is 15.5. The third-order valence-corrected chi connectivity index (χ3v) is 5.92. The van der Waals surface area contributed by atoms with E-state index < -0.39 is 17.7 Å². The topological polar surface area (TPSA) is 92.2 Å². The Morgan fingerprint density at radius 1 is 1.22 bits per heavy atom. The smallest absolute Gasteiger partial charge is 0.295 e. The van der Waals surface area contributed by atoms with Gasteiger partial charge in [0.1, 0.15) is 17.6 Å². The first-order valence-electron chi connectivity index (χ1n) is 10.3. The molecular formula is C23H24ClN3O5. The van der Waals surface area contributed by atoms with E-state index in [1.807, 2.05) is 0 Å². The maximum absolute atomic E-state index is 13.1. The number of hydrogen-bond acceptors (Lipinski definition) is 7. The molecule has 2 saturated heterocycles. The lowest BCUT2D eigenvalue weighted by atomic mass is 9.98. The number of carbonyl (C=O) groups is 2. The number of rotatable bonds is 6. The minimum absolute atomic E-state index is 0.0313. The van der Waals surface area contributed by atoms with Crippen molar-refractivity contribution in [1.29, 1.82) is 0 Å². The molecule has 2 aromatic rings. The molecule has 0 saturated carbocycles. The van der Waals surface area contributed by atoms with Crippen LogP contribution in [0.25, 0.3) is 5.76 Å². The van der Waals surface area contributed by atoms with Crippen molar-refractivity contribution in [3.8, 4) is 5.75 Å². The summed E-state index contributed by atoms with van der Waals surface area (Å²) in [5.74, 6) is -1.43. The van der Waals surface area contributed by atoms with Crippen molar-refractivity contribution in [3.63, 3.8) is 0 Å². The Kier molecular flexibility index (Phi) is 6.74. The molecule has 2 aliphatic rings. The van der Waals surface area contributed by atoms with Gasteiger partial charge >= 0.3 is 0 Å². The molecule has 0 radical (unpaired) electrons. The number of Topliss-reactive ketones (excluding diaryl/α,β-unsaturated/α-hetero) is 1. The molecule has 1 N–H and O–H groups in total. The number of pyridine rings is 1. The zero-order chi connectivity index (χ0) is 22.7. The Bertz CT molecular complexity index is 1040. The van der Waals surface area contributed by atoms with E-state index in [4.69, 9.17) is 21.1 Å².